The van der Waals surface area contributed by atoms with Crippen molar-refractivity contribution in [3.8, 4) is 0 Å². The molecule has 1 aliphatic carbocycles. The van der Waals surface area contributed by atoms with Crippen LogP contribution in [0.1, 0.15) is 38.5 Å². The molecule has 1 saturated carbocycles. The number of rotatable bonds is 5. The van der Waals surface area contributed by atoms with Crippen LogP contribution in [0.3, 0.4) is 0 Å². The van der Waals surface area contributed by atoms with E-state index in [1.54, 1.807) is 0 Å². The molecule has 1 aliphatic rings. The first kappa shape index (κ1) is 13.8. The van der Waals surface area contributed by atoms with E-state index >= 15 is 0 Å². The maximum absolute atomic E-state index is 11.8. The van der Waals surface area contributed by atoms with Gasteiger partial charge in [-0.2, -0.15) is 13.2 Å². The topological polar surface area (TPSA) is 38.0 Å². The van der Waals surface area contributed by atoms with Gasteiger partial charge in [0.15, 0.2) is 0 Å². The highest BCUT2D eigenvalue weighted by Crippen LogP contribution is 2.23. The number of hydrogen-bond donors (Lipinski definition) is 2. The minimum absolute atomic E-state index is 0.169. The van der Waals surface area contributed by atoms with Crippen LogP contribution in [0.5, 0.6) is 0 Å². The number of alkyl halides is 3. The number of nitrogens with two attached hydrogens (primary N) is 1. The molecule has 2 nitrogen and oxygen atoms in total. The van der Waals surface area contributed by atoms with E-state index in [4.69, 9.17) is 5.73 Å². The number of hydrogen-bond acceptors (Lipinski definition) is 2. The Balaban J connectivity index is 1.98. The lowest BCUT2D eigenvalue weighted by atomic mass is 9.86. The Morgan fingerprint density at radius 2 is 2.00 bits per heavy atom. The molecule has 0 aromatic rings. The van der Waals surface area contributed by atoms with Gasteiger partial charge in [-0.25, -0.2) is 0 Å². The smallest absolute Gasteiger partial charge is 0.328 e. The van der Waals surface area contributed by atoms with Crippen LogP contribution in [-0.4, -0.2) is 25.3 Å². The van der Waals surface area contributed by atoms with Crippen molar-refractivity contribution in [2.45, 2.75) is 50.7 Å². The zero-order valence-corrected chi connectivity index (χ0v) is 9.52. The summed E-state index contributed by atoms with van der Waals surface area (Å²) in [6, 6.07) is 0.288. The molecule has 2 atom stereocenters. The van der Waals surface area contributed by atoms with Gasteiger partial charge in [-0.05, 0) is 44.7 Å². The maximum Gasteiger partial charge on any atom is 0.389 e. The van der Waals surface area contributed by atoms with Crippen molar-refractivity contribution < 1.29 is 13.2 Å². The first-order valence-corrected chi connectivity index (χ1v) is 6.00. The molecule has 2 unspecified atom stereocenters. The molecule has 0 aromatic heterocycles. The van der Waals surface area contributed by atoms with Gasteiger partial charge in [0, 0.05) is 12.5 Å². The predicted octanol–water partition coefficient (Wildman–Crippen LogP) is 2.44. The van der Waals surface area contributed by atoms with Gasteiger partial charge in [-0.1, -0.05) is 6.42 Å². The normalized spacial score (nSPS) is 27.0. The van der Waals surface area contributed by atoms with E-state index in [1.165, 1.54) is 0 Å². The molecule has 0 saturated heterocycles. The highest BCUT2D eigenvalue weighted by atomic mass is 19.4. The average molecular weight is 238 g/mol. The highest BCUT2D eigenvalue weighted by molar-refractivity contribution is 4.76. The molecular weight excluding hydrogens is 217 g/mol. The fourth-order valence-electron chi connectivity index (χ4n) is 2.24. The summed E-state index contributed by atoms with van der Waals surface area (Å²) in [5, 5.41) is 3.09. The van der Waals surface area contributed by atoms with Crippen LogP contribution in [0, 0.1) is 5.92 Å². The Kier molecular flexibility index (Phi) is 5.55. The summed E-state index contributed by atoms with van der Waals surface area (Å²) in [5.41, 5.74) is 5.84. The van der Waals surface area contributed by atoms with Gasteiger partial charge in [0.05, 0.1) is 0 Å². The van der Waals surface area contributed by atoms with E-state index in [9.17, 15) is 13.2 Å². The Hall–Kier alpha value is -0.290. The third-order valence-electron chi connectivity index (χ3n) is 3.07. The third kappa shape index (κ3) is 6.33. The quantitative estimate of drug-likeness (QED) is 0.722. The number of halogens is 3. The maximum atomic E-state index is 11.8. The third-order valence-corrected chi connectivity index (χ3v) is 3.07. The zero-order chi connectivity index (χ0) is 12.0. The second kappa shape index (κ2) is 6.45. The Morgan fingerprint density at radius 1 is 1.25 bits per heavy atom. The minimum Gasteiger partial charge on any atom is -0.328 e. The highest BCUT2D eigenvalue weighted by Gasteiger charge is 2.26. The van der Waals surface area contributed by atoms with Crippen molar-refractivity contribution in [1.29, 1.82) is 0 Å². The molecule has 16 heavy (non-hydrogen) atoms. The zero-order valence-electron chi connectivity index (χ0n) is 9.52. The minimum atomic E-state index is -4.02. The molecule has 0 radical (unpaired) electrons. The van der Waals surface area contributed by atoms with E-state index in [0.29, 0.717) is 12.5 Å². The van der Waals surface area contributed by atoms with E-state index in [-0.39, 0.29) is 12.5 Å². The molecular formula is C11H21F3N2. The molecule has 96 valence electrons. The molecule has 0 aliphatic heterocycles. The van der Waals surface area contributed by atoms with E-state index in [2.05, 4.69) is 5.32 Å². The first-order valence-electron chi connectivity index (χ1n) is 6.00. The molecule has 0 spiro atoms. The van der Waals surface area contributed by atoms with Crippen molar-refractivity contribution in [3.63, 3.8) is 0 Å². The van der Waals surface area contributed by atoms with Gasteiger partial charge in [0.25, 0.3) is 0 Å². The van der Waals surface area contributed by atoms with Crippen molar-refractivity contribution in [1.82, 2.24) is 5.32 Å². The predicted molar refractivity (Wildman–Crippen MR) is 58.1 cm³/mol. The lowest BCUT2D eigenvalue weighted by molar-refractivity contribution is -0.135. The molecule has 0 heterocycles. The van der Waals surface area contributed by atoms with Crippen LogP contribution in [0.15, 0.2) is 0 Å². The number of nitrogens with one attached hydrogen (secondary N) is 1. The van der Waals surface area contributed by atoms with Crippen molar-refractivity contribution >= 4 is 0 Å². The lowest BCUT2D eigenvalue weighted by Crippen LogP contribution is -2.33. The van der Waals surface area contributed by atoms with Crippen LogP contribution < -0.4 is 11.1 Å². The van der Waals surface area contributed by atoms with Gasteiger partial charge in [-0.3, -0.25) is 0 Å². The fourth-order valence-corrected chi connectivity index (χ4v) is 2.24. The van der Waals surface area contributed by atoms with E-state index in [1.807, 2.05) is 0 Å². The summed E-state index contributed by atoms with van der Waals surface area (Å²) < 4.78 is 35.5. The molecule has 0 bridgehead atoms. The summed E-state index contributed by atoms with van der Waals surface area (Å²) in [6.07, 6.45) is -0.145. The largest absolute Gasteiger partial charge is 0.389 e. The average Bonchev–Trinajstić information content (AvgIpc) is 2.15. The molecule has 3 N–H and O–H groups in total. The summed E-state index contributed by atoms with van der Waals surface area (Å²) in [7, 11) is 0. The molecule has 0 amide bonds. The summed E-state index contributed by atoms with van der Waals surface area (Å²) in [4.78, 5) is 0. The second-order valence-corrected chi connectivity index (χ2v) is 4.72. The standard InChI is InChI=1S/C11H21F3N2/c12-11(13,14)5-2-6-16-8-9-3-1-4-10(15)7-9/h9-10,16H,1-8,15H2. The SMILES string of the molecule is NC1CCCC(CNCCCC(F)(F)F)C1. The fraction of sp³-hybridized carbons (Fsp3) is 1.00. The molecule has 5 heteroatoms. The van der Waals surface area contributed by atoms with Gasteiger partial charge in [-0.15, -0.1) is 0 Å². The van der Waals surface area contributed by atoms with Gasteiger partial charge >= 0.3 is 6.18 Å². The monoisotopic (exact) mass is 238 g/mol. The van der Waals surface area contributed by atoms with Crippen LogP contribution in [-0.2, 0) is 0 Å². The second-order valence-electron chi connectivity index (χ2n) is 4.72. The van der Waals surface area contributed by atoms with Crippen LogP contribution in [0.2, 0.25) is 0 Å². The van der Waals surface area contributed by atoms with Crippen LogP contribution >= 0.6 is 0 Å². The summed E-state index contributed by atoms with van der Waals surface area (Å²) >= 11 is 0. The van der Waals surface area contributed by atoms with E-state index in [0.717, 1.165) is 32.2 Å². The van der Waals surface area contributed by atoms with E-state index < -0.39 is 12.6 Å². The molecule has 1 fully saturated rings. The van der Waals surface area contributed by atoms with Crippen molar-refractivity contribution in [3.05, 3.63) is 0 Å². The van der Waals surface area contributed by atoms with Gasteiger partial charge in [0.1, 0.15) is 0 Å². The summed E-state index contributed by atoms with van der Waals surface area (Å²) in [5.74, 6) is 0.551. The Bertz CT molecular complexity index is 194. The summed E-state index contributed by atoms with van der Waals surface area (Å²) in [6.45, 7) is 1.26. The van der Waals surface area contributed by atoms with Crippen molar-refractivity contribution in [2.75, 3.05) is 13.1 Å². The van der Waals surface area contributed by atoms with Crippen LogP contribution in [0.4, 0.5) is 13.2 Å². The van der Waals surface area contributed by atoms with Gasteiger partial charge < -0.3 is 11.1 Å². The lowest BCUT2D eigenvalue weighted by Gasteiger charge is -2.26. The van der Waals surface area contributed by atoms with Gasteiger partial charge in [0.2, 0.25) is 0 Å². The first-order chi connectivity index (χ1) is 7.47. The van der Waals surface area contributed by atoms with Crippen LogP contribution in [0.25, 0.3) is 0 Å². The Labute approximate surface area is 94.8 Å². The molecule has 0 aromatic carbocycles. The van der Waals surface area contributed by atoms with Crippen molar-refractivity contribution in [2.24, 2.45) is 11.7 Å². The molecule has 1 rings (SSSR count). The Morgan fingerprint density at radius 3 is 2.62 bits per heavy atom.